The summed E-state index contributed by atoms with van der Waals surface area (Å²) >= 11 is 0. The van der Waals surface area contributed by atoms with Crippen LogP contribution in [0, 0.1) is 0 Å². The zero-order valence-corrected chi connectivity index (χ0v) is 13.4. The maximum absolute atomic E-state index is 11.9. The fourth-order valence-electron chi connectivity index (χ4n) is 2.26. The predicted molar refractivity (Wildman–Crippen MR) is 79.8 cm³/mol. The summed E-state index contributed by atoms with van der Waals surface area (Å²) < 4.78 is 5.38. The van der Waals surface area contributed by atoms with E-state index < -0.39 is 5.60 Å². The minimum atomic E-state index is -0.421. The maximum Gasteiger partial charge on any atom is 0.410 e. The Morgan fingerprint density at radius 1 is 1.20 bits per heavy atom. The van der Waals surface area contributed by atoms with Crippen molar-refractivity contribution in [2.75, 3.05) is 32.7 Å². The van der Waals surface area contributed by atoms with Gasteiger partial charge in [0.15, 0.2) is 0 Å². The second-order valence-electron chi connectivity index (χ2n) is 6.65. The molecule has 0 saturated carbocycles. The number of carbonyl (C=O) groups excluding carboxylic acids is 1. The summed E-state index contributed by atoms with van der Waals surface area (Å²) in [7, 11) is 0. The van der Waals surface area contributed by atoms with Gasteiger partial charge < -0.3 is 14.7 Å². The van der Waals surface area contributed by atoms with Crippen molar-refractivity contribution >= 4 is 6.09 Å². The fraction of sp³-hybridized carbons (Fsp3) is 0.933. The Kier molecular flexibility index (Phi) is 6.76. The molecule has 1 N–H and O–H groups in total. The molecule has 5 heteroatoms. The van der Waals surface area contributed by atoms with Gasteiger partial charge in [0.05, 0.1) is 6.10 Å². The summed E-state index contributed by atoms with van der Waals surface area (Å²) in [4.78, 5) is 16.1. The van der Waals surface area contributed by atoms with Gasteiger partial charge in [-0.2, -0.15) is 0 Å². The third-order valence-electron chi connectivity index (χ3n) is 3.37. The number of aliphatic hydroxyl groups is 1. The first kappa shape index (κ1) is 17.2. The molecule has 1 saturated heterocycles. The molecular weight excluding hydrogens is 256 g/mol. The van der Waals surface area contributed by atoms with Crippen molar-refractivity contribution in [3.63, 3.8) is 0 Å². The fourth-order valence-corrected chi connectivity index (χ4v) is 2.26. The van der Waals surface area contributed by atoms with Crippen LogP contribution in [0.3, 0.4) is 0 Å². The summed E-state index contributed by atoms with van der Waals surface area (Å²) in [6.45, 7) is 11.9. The SMILES string of the molecule is CC(O)CCCCN1CCN(C(=O)OC(C)(C)C)CC1. The zero-order chi connectivity index (χ0) is 15.2. The standard InChI is InChI=1S/C15H30N2O3/c1-13(18)7-5-6-8-16-9-11-17(12-10-16)14(19)20-15(2,3)4/h13,18H,5-12H2,1-4H3. The third kappa shape index (κ3) is 7.10. The van der Waals surface area contributed by atoms with Crippen LogP contribution in [-0.4, -0.2) is 65.4 Å². The van der Waals surface area contributed by atoms with Gasteiger partial charge >= 0.3 is 6.09 Å². The highest BCUT2D eigenvalue weighted by molar-refractivity contribution is 5.68. The summed E-state index contributed by atoms with van der Waals surface area (Å²) in [5.41, 5.74) is -0.421. The van der Waals surface area contributed by atoms with Gasteiger partial charge in [0.2, 0.25) is 0 Å². The van der Waals surface area contributed by atoms with Crippen molar-refractivity contribution in [2.24, 2.45) is 0 Å². The lowest BCUT2D eigenvalue weighted by molar-refractivity contribution is 0.0143. The van der Waals surface area contributed by atoms with Gasteiger partial charge in [-0.1, -0.05) is 0 Å². The first-order valence-corrected chi connectivity index (χ1v) is 7.66. The van der Waals surface area contributed by atoms with Crippen LogP contribution in [0.5, 0.6) is 0 Å². The second kappa shape index (κ2) is 7.84. The number of hydrogen-bond acceptors (Lipinski definition) is 4. The van der Waals surface area contributed by atoms with Crippen molar-refractivity contribution in [1.29, 1.82) is 0 Å². The highest BCUT2D eigenvalue weighted by Crippen LogP contribution is 2.12. The molecule has 1 rings (SSSR count). The number of piperazine rings is 1. The topological polar surface area (TPSA) is 53.0 Å². The zero-order valence-electron chi connectivity index (χ0n) is 13.4. The van der Waals surface area contributed by atoms with E-state index in [4.69, 9.17) is 4.74 Å². The molecule has 1 heterocycles. The Labute approximate surface area is 122 Å². The Morgan fingerprint density at radius 2 is 1.80 bits per heavy atom. The predicted octanol–water partition coefficient (Wildman–Crippen LogP) is 2.09. The van der Waals surface area contributed by atoms with Crippen LogP contribution in [0.2, 0.25) is 0 Å². The number of ether oxygens (including phenoxy) is 1. The third-order valence-corrected chi connectivity index (χ3v) is 3.37. The number of carbonyl (C=O) groups is 1. The van der Waals surface area contributed by atoms with E-state index in [-0.39, 0.29) is 12.2 Å². The Bertz CT molecular complexity index is 292. The largest absolute Gasteiger partial charge is 0.444 e. The number of nitrogens with zero attached hydrogens (tertiary/aromatic N) is 2. The minimum Gasteiger partial charge on any atom is -0.444 e. The molecule has 118 valence electrons. The molecule has 1 aliphatic rings. The average molecular weight is 286 g/mol. The average Bonchev–Trinajstić information content (AvgIpc) is 2.33. The molecule has 0 aliphatic carbocycles. The van der Waals surface area contributed by atoms with E-state index in [1.165, 1.54) is 0 Å². The molecule has 0 aromatic heterocycles. The van der Waals surface area contributed by atoms with Crippen LogP contribution in [0.4, 0.5) is 4.79 Å². The number of unbranched alkanes of at least 4 members (excludes halogenated alkanes) is 1. The molecule has 0 aromatic rings. The molecule has 1 aliphatic heterocycles. The molecule has 20 heavy (non-hydrogen) atoms. The molecule has 1 unspecified atom stereocenters. The lowest BCUT2D eigenvalue weighted by Gasteiger charge is -2.35. The number of rotatable bonds is 5. The lowest BCUT2D eigenvalue weighted by atomic mass is 10.1. The Balaban J connectivity index is 2.18. The van der Waals surface area contributed by atoms with Gasteiger partial charge in [-0.3, -0.25) is 4.90 Å². The second-order valence-corrected chi connectivity index (χ2v) is 6.65. The normalized spacial score (nSPS) is 18.9. The number of amides is 1. The van der Waals surface area contributed by atoms with Gasteiger partial charge in [0.1, 0.15) is 5.60 Å². The summed E-state index contributed by atoms with van der Waals surface area (Å²) in [5.74, 6) is 0. The van der Waals surface area contributed by atoms with E-state index in [1.54, 1.807) is 4.90 Å². The molecule has 1 amide bonds. The van der Waals surface area contributed by atoms with Gasteiger partial charge in [0.25, 0.3) is 0 Å². The van der Waals surface area contributed by atoms with Crippen molar-refractivity contribution < 1.29 is 14.6 Å². The molecule has 1 atom stereocenters. The van der Waals surface area contributed by atoms with E-state index in [0.29, 0.717) is 0 Å². The molecule has 5 nitrogen and oxygen atoms in total. The molecule has 0 aromatic carbocycles. The first-order valence-electron chi connectivity index (χ1n) is 7.66. The van der Waals surface area contributed by atoms with Crippen LogP contribution in [0.15, 0.2) is 0 Å². The van der Waals surface area contributed by atoms with Crippen molar-refractivity contribution in [2.45, 2.75) is 58.7 Å². The Hall–Kier alpha value is -0.810. The summed E-state index contributed by atoms with van der Waals surface area (Å²) in [5, 5.41) is 9.21. The van der Waals surface area contributed by atoms with E-state index in [2.05, 4.69) is 4.90 Å². The highest BCUT2D eigenvalue weighted by atomic mass is 16.6. The summed E-state index contributed by atoms with van der Waals surface area (Å²) in [6.07, 6.45) is 2.64. The monoisotopic (exact) mass is 286 g/mol. The number of aliphatic hydroxyl groups excluding tert-OH is 1. The van der Waals surface area contributed by atoms with Crippen LogP contribution >= 0.6 is 0 Å². The van der Waals surface area contributed by atoms with E-state index in [1.807, 2.05) is 27.7 Å². The first-order chi connectivity index (χ1) is 9.28. The van der Waals surface area contributed by atoms with Gasteiger partial charge in [0, 0.05) is 26.2 Å². The highest BCUT2D eigenvalue weighted by Gasteiger charge is 2.25. The van der Waals surface area contributed by atoms with Gasteiger partial charge in [-0.05, 0) is 53.5 Å². The van der Waals surface area contributed by atoms with Crippen LogP contribution < -0.4 is 0 Å². The van der Waals surface area contributed by atoms with Crippen molar-refractivity contribution in [3.05, 3.63) is 0 Å². The maximum atomic E-state index is 11.9. The van der Waals surface area contributed by atoms with Crippen molar-refractivity contribution in [1.82, 2.24) is 9.80 Å². The van der Waals surface area contributed by atoms with Crippen LogP contribution in [-0.2, 0) is 4.74 Å². The number of hydrogen-bond donors (Lipinski definition) is 1. The smallest absolute Gasteiger partial charge is 0.410 e. The molecule has 0 bridgehead atoms. The van der Waals surface area contributed by atoms with E-state index >= 15 is 0 Å². The minimum absolute atomic E-state index is 0.195. The van der Waals surface area contributed by atoms with Gasteiger partial charge in [-0.15, -0.1) is 0 Å². The van der Waals surface area contributed by atoms with Crippen molar-refractivity contribution in [3.8, 4) is 0 Å². The van der Waals surface area contributed by atoms with Crippen LogP contribution in [0.1, 0.15) is 47.0 Å². The molecule has 0 spiro atoms. The Morgan fingerprint density at radius 3 is 2.30 bits per heavy atom. The quantitative estimate of drug-likeness (QED) is 0.786. The van der Waals surface area contributed by atoms with E-state index in [0.717, 1.165) is 52.0 Å². The summed E-state index contributed by atoms with van der Waals surface area (Å²) in [6, 6.07) is 0. The van der Waals surface area contributed by atoms with E-state index in [9.17, 15) is 9.90 Å². The van der Waals surface area contributed by atoms with Gasteiger partial charge in [-0.25, -0.2) is 4.79 Å². The molecule has 0 radical (unpaired) electrons. The molecular formula is C15H30N2O3. The lowest BCUT2D eigenvalue weighted by Crippen LogP contribution is -2.50. The van der Waals surface area contributed by atoms with Crippen LogP contribution in [0.25, 0.3) is 0 Å². The molecule has 1 fully saturated rings.